The van der Waals surface area contributed by atoms with E-state index < -0.39 is 11.0 Å². The van der Waals surface area contributed by atoms with Crippen LogP contribution < -0.4 is 10.2 Å². The average molecular weight is 294 g/mol. The van der Waals surface area contributed by atoms with Gasteiger partial charge < -0.3 is 25.4 Å². The monoisotopic (exact) mass is 294 g/mol. The standard InChI is InChI=1S/C13H18N4O4/c1-2-9-3-6-14-12(17(20)21)11(9)16-7-4-10(5-8-16)15-13(18)19/h3,6,10,15H,2,4-5,7-8H2,1H3,(H,18,19). The number of anilines is 1. The maximum atomic E-state index is 11.2. The summed E-state index contributed by atoms with van der Waals surface area (Å²) >= 11 is 0. The third kappa shape index (κ3) is 3.39. The molecule has 1 aromatic rings. The fourth-order valence-electron chi connectivity index (χ4n) is 2.67. The minimum absolute atomic E-state index is 0.0976. The molecule has 0 aromatic carbocycles. The fourth-order valence-corrected chi connectivity index (χ4v) is 2.67. The molecule has 1 aliphatic heterocycles. The van der Waals surface area contributed by atoms with Crippen molar-refractivity contribution in [2.24, 2.45) is 0 Å². The van der Waals surface area contributed by atoms with Crippen molar-refractivity contribution < 1.29 is 14.8 Å². The Morgan fingerprint density at radius 3 is 2.76 bits per heavy atom. The number of hydrogen-bond donors (Lipinski definition) is 2. The first-order chi connectivity index (χ1) is 10.0. The predicted molar refractivity (Wildman–Crippen MR) is 76.7 cm³/mol. The van der Waals surface area contributed by atoms with E-state index in [0.29, 0.717) is 38.0 Å². The SMILES string of the molecule is CCc1ccnc([N+](=O)[O-])c1N1CCC(NC(=O)O)CC1. The highest BCUT2D eigenvalue weighted by molar-refractivity contribution is 5.66. The van der Waals surface area contributed by atoms with Crippen LogP contribution in [0.3, 0.4) is 0 Å². The molecule has 0 aliphatic carbocycles. The predicted octanol–water partition coefficient (Wildman–Crippen LogP) is 1.79. The topological polar surface area (TPSA) is 109 Å². The Bertz CT molecular complexity index is 541. The van der Waals surface area contributed by atoms with E-state index in [-0.39, 0.29) is 11.9 Å². The number of pyridine rings is 1. The van der Waals surface area contributed by atoms with E-state index >= 15 is 0 Å². The molecule has 2 N–H and O–H groups in total. The zero-order valence-electron chi connectivity index (χ0n) is 11.8. The summed E-state index contributed by atoms with van der Waals surface area (Å²) in [5, 5.41) is 22.4. The first-order valence-corrected chi connectivity index (χ1v) is 6.89. The minimum Gasteiger partial charge on any atom is -0.465 e. The molecule has 0 radical (unpaired) electrons. The van der Waals surface area contributed by atoms with Crippen molar-refractivity contribution in [1.29, 1.82) is 0 Å². The molecular formula is C13H18N4O4. The zero-order valence-corrected chi connectivity index (χ0v) is 11.8. The van der Waals surface area contributed by atoms with Gasteiger partial charge in [-0.3, -0.25) is 0 Å². The Hall–Kier alpha value is -2.38. The molecule has 21 heavy (non-hydrogen) atoms. The van der Waals surface area contributed by atoms with E-state index in [1.807, 2.05) is 11.8 Å². The summed E-state index contributed by atoms with van der Waals surface area (Å²) in [6.07, 6.45) is 2.36. The number of carboxylic acid groups (broad SMARTS) is 1. The summed E-state index contributed by atoms with van der Waals surface area (Å²) in [6, 6.07) is 1.70. The molecule has 0 bridgehead atoms. The molecule has 1 saturated heterocycles. The van der Waals surface area contributed by atoms with Gasteiger partial charge in [0.25, 0.3) is 0 Å². The molecule has 0 unspecified atom stereocenters. The number of amides is 1. The van der Waals surface area contributed by atoms with Crippen LogP contribution in [0.4, 0.5) is 16.3 Å². The lowest BCUT2D eigenvalue weighted by atomic mass is 10.0. The van der Waals surface area contributed by atoms with Crippen LogP contribution in [0, 0.1) is 10.1 Å². The number of piperidine rings is 1. The van der Waals surface area contributed by atoms with E-state index in [1.165, 1.54) is 6.20 Å². The van der Waals surface area contributed by atoms with Crippen LogP contribution in [-0.4, -0.2) is 40.2 Å². The quantitative estimate of drug-likeness (QED) is 0.647. The molecule has 2 heterocycles. The Morgan fingerprint density at radius 1 is 1.57 bits per heavy atom. The number of nitro groups is 1. The summed E-state index contributed by atoms with van der Waals surface area (Å²) in [7, 11) is 0. The minimum atomic E-state index is -1.03. The van der Waals surface area contributed by atoms with Gasteiger partial charge in [-0.25, -0.2) is 4.79 Å². The van der Waals surface area contributed by atoms with Gasteiger partial charge in [0, 0.05) is 19.1 Å². The molecule has 1 amide bonds. The van der Waals surface area contributed by atoms with Crippen molar-refractivity contribution in [2.45, 2.75) is 32.2 Å². The molecule has 0 spiro atoms. The Balaban J connectivity index is 2.19. The molecule has 1 fully saturated rings. The van der Waals surface area contributed by atoms with Gasteiger partial charge in [0.2, 0.25) is 0 Å². The number of nitrogens with zero attached hydrogens (tertiary/aromatic N) is 3. The molecule has 1 aliphatic rings. The van der Waals surface area contributed by atoms with Crippen molar-refractivity contribution in [1.82, 2.24) is 10.3 Å². The van der Waals surface area contributed by atoms with E-state index in [4.69, 9.17) is 5.11 Å². The van der Waals surface area contributed by atoms with Crippen molar-refractivity contribution in [3.8, 4) is 0 Å². The summed E-state index contributed by atoms with van der Waals surface area (Å²) < 4.78 is 0. The van der Waals surface area contributed by atoms with Gasteiger partial charge in [-0.15, -0.1) is 0 Å². The molecule has 1 aromatic heterocycles. The summed E-state index contributed by atoms with van der Waals surface area (Å²) in [6.45, 7) is 3.09. The molecule has 2 rings (SSSR count). The first-order valence-electron chi connectivity index (χ1n) is 6.89. The Morgan fingerprint density at radius 2 is 2.24 bits per heavy atom. The largest absolute Gasteiger partial charge is 0.465 e. The van der Waals surface area contributed by atoms with Gasteiger partial charge in [-0.1, -0.05) is 6.92 Å². The second-order valence-electron chi connectivity index (χ2n) is 4.96. The maximum absolute atomic E-state index is 11.2. The molecule has 8 heteroatoms. The highest BCUT2D eigenvalue weighted by Gasteiger charge is 2.28. The van der Waals surface area contributed by atoms with Gasteiger partial charge >= 0.3 is 11.9 Å². The van der Waals surface area contributed by atoms with Crippen LogP contribution in [0.2, 0.25) is 0 Å². The van der Waals surface area contributed by atoms with Gasteiger partial charge in [0.15, 0.2) is 0 Å². The number of hydrogen-bond acceptors (Lipinski definition) is 5. The number of aromatic nitrogens is 1. The number of rotatable bonds is 4. The van der Waals surface area contributed by atoms with Crippen molar-refractivity contribution in [2.75, 3.05) is 18.0 Å². The lowest BCUT2D eigenvalue weighted by Crippen LogP contribution is -2.44. The first kappa shape index (κ1) is 15.0. The van der Waals surface area contributed by atoms with Crippen LogP contribution >= 0.6 is 0 Å². The summed E-state index contributed by atoms with van der Waals surface area (Å²) in [4.78, 5) is 27.2. The molecular weight excluding hydrogens is 276 g/mol. The summed E-state index contributed by atoms with van der Waals surface area (Å²) in [5.41, 5.74) is 1.46. The van der Waals surface area contributed by atoms with Gasteiger partial charge in [-0.2, -0.15) is 0 Å². The highest BCUT2D eigenvalue weighted by Crippen LogP contribution is 2.32. The lowest BCUT2D eigenvalue weighted by Gasteiger charge is -2.33. The van der Waals surface area contributed by atoms with E-state index in [9.17, 15) is 14.9 Å². The van der Waals surface area contributed by atoms with Crippen LogP contribution in [-0.2, 0) is 6.42 Å². The number of nitrogens with one attached hydrogen (secondary N) is 1. The molecule has 8 nitrogen and oxygen atoms in total. The highest BCUT2D eigenvalue weighted by atomic mass is 16.6. The Kier molecular flexibility index (Phi) is 4.56. The third-order valence-electron chi connectivity index (χ3n) is 3.68. The van der Waals surface area contributed by atoms with E-state index in [0.717, 1.165) is 5.56 Å². The second kappa shape index (κ2) is 6.38. The van der Waals surface area contributed by atoms with Gasteiger partial charge in [-0.05, 0) is 40.8 Å². The van der Waals surface area contributed by atoms with Crippen LogP contribution in [0.15, 0.2) is 12.3 Å². The molecule has 0 atom stereocenters. The fraction of sp³-hybridized carbons (Fsp3) is 0.538. The smallest absolute Gasteiger partial charge is 0.404 e. The molecule has 0 saturated carbocycles. The number of carbonyl (C=O) groups is 1. The normalized spacial score (nSPS) is 15.8. The zero-order chi connectivity index (χ0) is 15.4. The van der Waals surface area contributed by atoms with Crippen LogP contribution in [0.1, 0.15) is 25.3 Å². The molecule has 114 valence electrons. The second-order valence-corrected chi connectivity index (χ2v) is 4.96. The van der Waals surface area contributed by atoms with E-state index in [2.05, 4.69) is 10.3 Å². The van der Waals surface area contributed by atoms with Crippen LogP contribution in [0.5, 0.6) is 0 Å². The van der Waals surface area contributed by atoms with Gasteiger partial charge in [0.05, 0.1) is 0 Å². The van der Waals surface area contributed by atoms with Crippen molar-refractivity contribution in [3.63, 3.8) is 0 Å². The lowest BCUT2D eigenvalue weighted by molar-refractivity contribution is -0.388. The maximum Gasteiger partial charge on any atom is 0.404 e. The van der Waals surface area contributed by atoms with Crippen LogP contribution in [0.25, 0.3) is 0 Å². The number of aryl methyl sites for hydroxylation is 1. The van der Waals surface area contributed by atoms with Gasteiger partial charge in [0.1, 0.15) is 11.9 Å². The van der Waals surface area contributed by atoms with E-state index in [1.54, 1.807) is 6.07 Å². The van der Waals surface area contributed by atoms with Crippen molar-refractivity contribution >= 4 is 17.6 Å². The van der Waals surface area contributed by atoms with Crippen molar-refractivity contribution in [3.05, 3.63) is 27.9 Å². The average Bonchev–Trinajstić information content (AvgIpc) is 2.46. The third-order valence-corrected chi connectivity index (χ3v) is 3.68. The summed E-state index contributed by atoms with van der Waals surface area (Å²) in [5.74, 6) is -0.126. The Labute approximate surface area is 121 Å².